The fourth-order valence-corrected chi connectivity index (χ4v) is 2.62. The van der Waals surface area contributed by atoms with Gasteiger partial charge in [0.15, 0.2) is 0 Å². The summed E-state index contributed by atoms with van der Waals surface area (Å²) in [6.45, 7) is 1.70. The van der Waals surface area contributed by atoms with Crippen LogP contribution in [0, 0.1) is 15.5 Å². The van der Waals surface area contributed by atoms with Gasteiger partial charge in [0.1, 0.15) is 6.54 Å². The van der Waals surface area contributed by atoms with Crippen LogP contribution in [0.2, 0.25) is 0 Å². The first kappa shape index (κ1) is 16.7. The van der Waals surface area contributed by atoms with E-state index in [0.717, 1.165) is 22.9 Å². The van der Waals surface area contributed by atoms with Crippen molar-refractivity contribution in [3.63, 3.8) is 0 Å². The summed E-state index contributed by atoms with van der Waals surface area (Å²) in [5, 5.41) is 20.0. The molecule has 1 N–H and O–H groups in total. The highest BCUT2D eigenvalue weighted by atomic mass is 16.6. The lowest BCUT2D eigenvalue weighted by atomic mass is 9.82. The molecule has 9 nitrogen and oxygen atoms in total. The van der Waals surface area contributed by atoms with Gasteiger partial charge in [-0.15, -0.1) is 0 Å². The minimum Gasteiger partial charge on any atom is -0.481 e. The molecule has 1 fully saturated rings. The predicted octanol–water partition coefficient (Wildman–Crippen LogP) is 0.470. The quantitative estimate of drug-likeness (QED) is 0.634. The summed E-state index contributed by atoms with van der Waals surface area (Å²) in [5.74, 6) is -1.40. The number of carboxylic acid groups (broad SMARTS) is 1. The van der Waals surface area contributed by atoms with E-state index in [1.165, 1.54) is 4.90 Å². The van der Waals surface area contributed by atoms with Crippen LogP contribution in [0.25, 0.3) is 0 Å². The van der Waals surface area contributed by atoms with Crippen molar-refractivity contribution in [1.29, 1.82) is 0 Å². The van der Waals surface area contributed by atoms with Gasteiger partial charge in [-0.2, -0.15) is 0 Å². The smallest absolute Gasteiger partial charge is 0.311 e. The van der Waals surface area contributed by atoms with E-state index < -0.39 is 27.8 Å². The number of carboxylic acids is 1. The average Bonchev–Trinajstić information content (AvgIpc) is 2.49. The summed E-state index contributed by atoms with van der Waals surface area (Å²) in [6, 6.07) is 2.11. The lowest BCUT2D eigenvalue weighted by molar-refractivity contribution is -0.385. The summed E-state index contributed by atoms with van der Waals surface area (Å²) in [6.07, 6.45) is 2.04. The van der Waals surface area contributed by atoms with E-state index in [2.05, 4.69) is 0 Å². The maximum Gasteiger partial charge on any atom is 0.311 e. The highest BCUT2D eigenvalue weighted by Crippen LogP contribution is 2.29. The number of piperidine rings is 1. The first-order chi connectivity index (χ1) is 10.7. The Morgan fingerprint density at radius 1 is 1.43 bits per heavy atom. The molecule has 2 heterocycles. The fourth-order valence-electron chi connectivity index (χ4n) is 2.62. The number of amides is 1. The fraction of sp³-hybridized carbons (Fsp3) is 0.500. The van der Waals surface area contributed by atoms with Gasteiger partial charge in [-0.3, -0.25) is 29.1 Å². The summed E-state index contributed by atoms with van der Waals surface area (Å²) in [5.41, 5.74) is -1.82. The van der Waals surface area contributed by atoms with Gasteiger partial charge < -0.3 is 10.0 Å². The number of carbonyl (C=O) groups is 2. The molecule has 1 aromatic rings. The Morgan fingerprint density at radius 3 is 2.74 bits per heavy atom. The number of hydrogen-bond acceptors (Lipinski definition) is 5. The summed E-state index contributed by atoms with van der Waals surface area (Å²) < 4.78 is 0.965. The van der Waals surface area contributed by atoms with Crippen molar-refractivity contribution in [2.75, 3.05) is 13.1 Å². The Hall–Kier alpha value is -2.71. The van der Waals surface area contributed by atoms with Crippen LogP contribution in [0.1, 0.15) is 19.8 Å². The maximum absolute atomic E-state index is 12.3. The van der Waals surface area contributed by atoms with E-state index in [1.54, 1.807) is 6.92 Å². The predicted molar refractivity (Wildman–Crippen MR) is 78.9 cm³/mol. The first-order valence-corrected chi connectivity index (χ1v) is 7.09. The monoisotopic (exact) mass is 323 g/mol. The molecule has 1 saturated heterocycles. The molecule has 1 aliphatic rings. The van der Waals surface area contributed by atoms with Crippen LogP contribution in [0.3, 0.4) is 0 Å². The third kappa shape index (κ3) is 3.55. The molecule has 23 heavy (non-hydrogen) atoms. The number of nitro groups is 1. The van der Waals surface area contributed by atoms with Crippen LogP contribution in [-0.2, 0) is 16.1 Å². The minimum atomic E-state index is -1.01. The maximum atomic E-state index is 12.3. The van der Waals surface area contributed by atoms with E-state index >= 15 is 0 Å². The van der Waals surface area contributed by atoms with E-state index in [0.29, 0.717) is 19.4 Å². The molecule has 0 spiro atoms. The number of nitrogens with zero attached hydrogens (tertiary/aromatic N) is 3. The highest BCUT2D eigenvalue weighted by Gasteiger charge is 2.39. The number of hydrogen-bond donors (Lipinski definition) is 1. The lowest BCUT2D eigenvalue weighted by Gasteiger charge is -2.37. The molecule has 1 atom stereocenters. The van der Waals surface area contributed by atoms with Gasteiger partial charge in [-0.1, -0.05) is 0 Å². The number of likely N-dealkylation sites (tertiary alicyclic amines) is 1. The Balaban J connectivity index is 2.16. The molecule has 124 valence electrons. The molecule has 9 heteroatoms. The molecule has 1 aromatic heterocycles. The summed E-state index contributed by atoms with van der Waals surface area (Å²) in [7, 11) is 0. The third-order valence-electron chi connectivity index (χ3n) is 4.05. The average molecular weight is 323 g/mol. The van der Waals surface area contributed by atoms with Gasteiger partial charge >= 0.3 is 5.97 Å². The van der Waals surface area contributed by atoms with Crippen LogP contribution in [0.5, 0.6) is 0 Å². The molecule has 0 bridgehead atoms. The van der Waals surface area contributed by atoms with Crippen LogP contribution < -0.4 is 5.56 Å². The van der Waals surface area contributed by atoms with Gasteiger partial charge in [-0.25, -0.2) is 0 Å². The first-order valence-electron chi connectivity index (χ1n) is 7.09. The molecule has 1 aliphatic heterocycles. The van der Waals surface area contributed by atoms with Crippen molar-refractivity contribution in [1.82, 2.24) is 9.47 Å². The second-order valence-corrected chi connectivity index (χ2v) is 5.90. The molecule has 0 saturated carbocycles. The number of pyridine rings is 1. The largest absolute Gasteiger partial charge is 0.481 e. The number of aromatic nitrogens is 1. The Morgan fingerprint density at radius 2 is 2.13 bits per heavy atom. The number of carbonyl (C=O) groups excluding carboxylic acids is 1. The Bertz CT molecular complexity index is 713. The van der Waals surface area contributed by atoms with Crippen LogP contribution in [-0.4, -0.2) is 44.5 Å². The number of rotatable bonds is 4. The summed E-state index contributed by atoms with van der Waals surface area (Å²) in [4.78, 5) is 46.8. The zero-order valence-corrected chi connectivity index (χ0v) is 12.6. The topological polar surface area (TPSA) is 123 Å². The number of aliphatic carboxylic acids is 1. The van der Waals surface area contributed by atoms with E-state index in [9.17, 15) is 29.6 Å². The SMILES string of the molecule is CC1(C(=O)O)CCCN(C(=O)Cn2cc([N+](=O)[O-])ccc2=O)C1. The van der Waals surface area contributed by atoms with Gasteiger partial charge in [0.05, 0.1) is 16.5 Å². The van der Waals surface area contributed by atoms with Crippen molar-refractivity contribution < 1.29 is 19.6 Å². The highest BCUT2D eigenvalue weighted by molar-refractivity contribution is 5.79. The molecule has 2 rings (SSSR count). The summed E-state index contributed by atoms with van der Waals surface area (Å²) >= 11 is 0. The molecule has 0 aliphatic carbocycles. The van der Waals surface area contributed by atoms with Gasteiger partial charge in [-0.05, 0) is 19.8 Å². The van der Waals surface area contributed by atoms with Crippen molar-refractivity contribution >= 4 is 17.6 Å². The zero-order chi connectivity index (χ0) is 17.2. The van der Waals surface area contributed by atoms with Crippen molar-refractivity contribution in [3.05, 3.63) is 38.8 Å². The van der Waals surface area contributed by atoms with Crippen LogP contribution in [0.4, 0.5) is 5.69 Å². The van der Waals surface area contributed by atoms with Gasteiger partial charge in [0.2, 0.25) is 5.91 Å². The van der Waals surface area contributed by atoms with Gasteiger partial charge in [0.25, 0.3) is 11.2 Å². The van der Waals surface area contributed by atoms with Crippen molar-refractivity contribution in [2.45, 2.75) is 26.3 Å². The van der Waals surface area contributed by atoms with E-state index in [1.807, 2.05) is 0 Å². The molecule has 0 aromatic carbocycles. The second-order valence-electron chi connectivity index (χ2n) is 5.90. The zero-order valence-electron chi connectivity index (χ0n) is 12.6. The normalized spacial score (nSPS) is 21.0. The molecular weight excluding hydrogens is 306 g/mol. The molecular formula is C14H17N3O6. The second kappa shape index (κ2) is 6.19. The molecule has 1 unspecified atom stereocenters. The van der Waals surface area contributed by atoms with E-state index in [-0.39, 0.29) is 18.8 Å². The van der Waals surface area contributed by atoms with Crippen LogP contribution >= 0.6 is 0 Å². The molecule has 0 radical (unpaired) electrons. The lowest BCUT2D eigenvalue weighted by Crippen LogP contribution is -2.49. The van der Waals surface area contributed by atoms with E-state index in [4.69, 9.17) is 0 Å². The van der Waals surface area contributed by atoms with Crippen LogP contribution in [0.15, 0.2) is 23.1 Å². The Labute approximate surface area is 131 Å². The minimum absolute atomic E-state index is 0.0604. The van der Waals surface area contributed by atoms with Crippen molar-refractivity contribution in [2.24, 2.45) is 5.41 Å². The third-order valence-corrected chi connectivity index (χ3v) is 4.05. The Kier molecular flexibility index (Phi) is 4.48. The van der Waals surface area contributed by atoms with Crippen molar-refractivity contribution in [3.8, 4) is 0 Å². The standard InChI is InChI=1S/C14H17N3O6/c1-14(13(20)21)5-2-6-15(9-14)12(19)8-16-7-10(17(22)23)3-4-11(16)18/h3-4,7H,2,5-6,8-9H2,1H3,(H,20,21). The molecule has 1 amide bonds. The van der Waals surface area contributed by atoms with Gasteiger partial charge in [0, 0.05) is 25.2 Å².